The molecule has 1 atom stereocenters. The molecule has 4 aliphatic carbocycles. The Kier molecular flexibility index (Phi) is 16.5. The number of rotatable bonds is 24. The fourth-order valence-corrected chi connectivity index (χ4v) is 9.11. The summed E-state index contributed by atoms with van der Waals surface area (Å²) < 4.78 is 22.0. The van der Waals surface area contributed by atoms with E-state index in [1.165, 1.54) is 83.5 Å². The summed E-state index contributed by atoms with van der Waals surface area (Å²) in [6, 6.07) is 0. The van der Waals surface area contributed by atoms with Crippen molar-refractivity contribution >= 4 is 18.1 Å². The van der Waals surface area contributed by atoms with Crippen LogP contribution in [0.5, 0.6) is 0 Å². The van der Waals surface area contributed by atoms with Gasteiger partial charge in [0.05, 0.1) is 18.9 Å². The van der Waals surface area contributed by atoms with Crippen LogP contribution in [0.3, 0.4) is 0 Å². The molecule has 1 saturated heterocycles. The van der Waals surface area contributed by atoms with Crippen molar-refractivity contribution in [2.75, 3.05) is 46.1 Å². The number of carbonyl (C=O) groups excluding carboxylic acids is 3. The lowest BCUT2D eigenvalue weighted by atomic mass is 9.49. The maximum absolute atomic E-state index is 13.1. The summed E-state index contributed by atoms with van der Waals surface area (Å²) in [6.07, 6.45) is 24.4. The van der Waals surface area contributed by atoms with Gasteiger partial charge in [0.25, 0.3) is 0 Å². The van der Waals surface area contributed by atoms with Crippen molar-refractivity contribution in [1.82, 2.24) is 4.90 Å². The maximum Gasteiger partial charge on any atom is 0.508 e. The Morgan fingerprint density at radius 3 is 1.76 bits per heavy atom. The third-order valence-corrected chi connectivity index (χ3v) is 11.1. The second-order valence-corrected chi connectivity index (χ2v) is 15.4. The molecule has 5 aliphatic rings. The lowest BCUT2D eigenvalue weighted by Crippen LogP contribution is -2.47. The Hall–Kier alpha value is -1.83. The zero-order valence-corrected chi connectivity index (χ0v) is 29.1. The van der Waals surface area contributed by atoms with Crippen LogP contribution in [0.25, 0.3) is 0 Å². The molecule has 0 amide bonds. The molecule has 4 bridgehead atoms. The molecule has 1 unspecified atom stereocenters. The molecule has 0 spiro atoms. The smallest absolute Gasteiger partial charge is 0.465 e. The summed E-state index contributed by atoms with van der Waals surface area (Å²) in [6.45, 7) is 5.83. The monoisotopic (exact) mass is 647 g/mol. The van der Waals surface area contributed by atoms with E-state index >= 15 is 0 Å². The van der Waals surface area contributed by atoms with Gasteiger partial charge in [-0.1, -0.05) is 71.1 Å². The zero-order valence-electron chi connectivity index (χ0n) is 29.1. The fraction of sp³-hybridized carbons (Fsp3) is 0.921. The molecule has 4 saturated carbocycles. The van der Waals surface area contributed by atoms with Crippen molar-refractivity contribution in [3.63, 3.8) is 0 Å². The normalized spacial score (nSPS) is 25.8. The minimum Gasteiger partial charge on any atom is -0.465 e. The lowest BCUT2D eigenvalue weighted by Gasteiger charge is -2.56. The third-order valence-electron chi connectivity index (χ3n) is 11.1. The molecule has 0 radical (unpaired) electrons. The average Bonchev–Trinajstić information content (AvgIpc) is 3.54. The minimum atomic E-state index is -0.724. The van der Waals surface area contributed by atoms with Crippen molar-refractivity contribution in [3.05, 3.63) is 0 Å². The van der Waals surface area contributed by atoms with E-state index in [4.69, 9.17) is 18.9 Å². The van der Waals surface area contributed by atoms with Gasteiger partial charge in [0.2, 0.25) is 0 Å². The quantitative estimate of drug-likeness (QED) is 0.0584. The Balaban J connectivity index is 1.12. The van der Waals surface area contributed by atoms with Crippen molar-refractivity contribution in [2.45, 2.75) is 148 Å². The maximum atomic E-state index is 13.1. The molecule has 1 aliphatic heterocycles. The van der Waals surface area contributed by atoms with E-state index in [9.17, 15) is 14.4 Å². The summed E-state index contributed by atoms with van der Waals surface area (Å²) in [5, 5.41) is 0. The van der Waals surface area contributed by atoms with Gasteiger partial charge in [-0.15, -0.1) is 0 Å². The Morgan fingerprint density at radius 2 is 1.17 bits per heavy atom. The number of ether oxygens (including phenoxy) is 4. The molecule has 0 aromatic carbocycles. The summed E-state index contributed by atoms with van der Waals surface area (Å²) in [7, 11) is 0. The largest absolute Gasteiger partial charge is 0.508 e. The van der Waals surface area contributed by atoms with Gasteiger partial charge in [-0.3, -0.25) is 9.59 Å². The summed E-state index contributed by atoms with van der Waals surface area (Å²) in [5.74, 6) is 1.50. The molecule has 0 aromatic heterocycles. The molecular formula is C38H65NO7. The first-order valence-electron chi connectivity index (χ1n) is 19.3. The highest BCUT2D eigenvalue weighted by Crippen LogP contribution is 2.61. The molecule has 5 rings (SSSR count). The van der Waals surface area contributed by atoms with Crippen LogP contribution >= 0.6 is 0 Å². The molecular weight excluding hydrogens is 582 g/mol. The number of likely N-dealkylation sites (tertiary alicyclic amines) is 1. The third kappa shape index (κ3) is 13.7. The number of carbonyl (C=O) groups is 3. The van der Waals surface area contributed by atoms with Crippen LogP contribution in [0, 0.1) is 29.1 Å². The number of esters is 2. The van der Waals surface area contributed by atoms with E-state index in [-0.39, 0.29) is 37.2 Å². The van der Waals surface area contributed by atoms with E-state index in [1.807, 2.05) is 0 Å². The van der Waals surface area contributed by atoms with Crippen LogP contribution in [0.15, 0.2) is 0 Å². The van der Waals surface area contributed by atoms with Crippen molar-refractivity contribution < 1.29 is 33.3 Å². The SMILES string of the molecule is CCCCCCCCCCCCCC(=O)OCC(COC(=O)CC12C[C@H]3C[C@@H](C1)C[C@@H](C2)C3)COC(=O)OCCCN1CCCC1. The summed E-state index contributed by atoms with van der Waals surface area (Å²) >= 11 is 0. The van der Waals surface area contributed by atoms with Crippen molar-refractivity contribution in [2.24, 2.45) is 29.1 Å². The average molecular weight is 648 g/mol. The lowest BCUT2D eigenvalue weighted by molar-refractivity contribution is -0.155. The van der Waals surface area contributed by atoms with Gasteiger partial charge in [0, 0.05) is 13.0 Å². The van der Waals surface area contributed by atoms with Gasteiger partial charge in [-0.25, -0.2) is 4.79 Å². The van der Waals surface area contributed by atoms with Crippen LogP contribution < -0.4 is 0 Å². The molecule has 8 nitrogen and oxygen atoms in total. The Labute approximate surface area is 279 Å². The minimum absolute atomic E-state index is 0.0126. The van der Waals surface area contributed by atoms with Crippen LogP contribution in [-0.4, -0.2) is 69.1 Å². The van der Waals surface area contributed by atoms with Crippen molar-refractivity contribution in [1.29, 1.82) is 0 Å². The highest BCUT2D eigenvalue weighted by molar-refractivity contribution is 5.70. The molecule has 0 N–H and O–H groups in total. The predicted octanol–water partition coefficient (Wildman–Crippen LogP) is 8.64. The van der Waals surface area contributed by atoms with E-state index in [0.717, 1.165) is 82.3 Å². The van der Waals surface area contributed by atoms with E-state index in [1.54, 1.807) is 0 Å². The fourth-order valence-electron chi connectivity index (χ4n) is 9.11. The van der Waals surface area contributed by atoms with Gasteiger partial charge in [0.15, 0.2) is 0 Å². The van der Waals surface area contributed by atoms with Crippen LogP contribution in [0.2, 0.25) is 0 Å². The van der Waals surface area contributed by atoms with Crippen LogP contribution in [0.1, 0.15) is 148 Å². The standard InChI is InChI=1S/C38H65NO7/c1-2-3-4-5-6-7-8-9-10-11-12-16-35(40)44-28-34(30-46-37(42)43-20-15-19-39-17-13-14-18-39)29-45-36(41)27-38-24-31-21-32(25-38)23-33(22-31)26-38/h31-34H,2-30H2,1H3/t31-,32+,33-,34?,38?. The zero-order chi connectivity index (χ0) is 32.5. The second-order valence-electron chi connectivity index (χ2n) is 15.4. The van der Waals surface area contributed by atoms with Crippen LogP contribution in [-0.2, 0) is 28.5 Å². The first kappa shape index (κ1) is 37.0. The predicted molar refractivity (Wildman–Crippen MR) is 179 cm³/mol. The number of hydrogen-bond donors (Lipinski definition) is 0. The first-order valence-corrected chi connectivity index (χ1v) is 19.3. The molecule has 8 heteroatoms. The molecule has 1 heterocycles. The summed E-state index contributed by atoms with van der Waals surface area (Å²) in [4.78, 5) is 40.2. The molecule has 46 heavy (non-hydrogen) atoms. The highest BCUT2D eigenvalue weighted by Gasteiger charge is 2.51. The number of unbranched alkanes of at least 4 members (excludes halogenated alkanes) is 10. The Bertz CT molecular complexity index is 866. The van der Waals surface area contributed by atoms with E-state index in [0.29, 0.717) is 19.4 Å². The van der Waals surface area contributed by atoms with Gasteiger partial charge in [-0.2, -0.15) is 0 Å². The Morgan fingerprint density at radius 1 is 0.652 bits per heavy atom. The highest BCUT2D eigenvalue weighted by atomic mass is 16.7. The van der Waals surface area contributed by atoms with Gasteiger partial charge < -0.3 is 23.8 Å². The van der Waals surface area contributed by atoms with Crippen LogP contribution in [0.4, 0.5) is 4.79 Å². The summed E-state index contributed by atoms with van der Waals surface area (Å²) in [5.41, 5.74) is 0.109. The van der Waals surface area contributed by atoms with Gasteiger partial charge in [-0.05, 0) is 100 Å². The number of hydrogen-bond acceptors (Lipinski definition) is 8. The first-order chi connectivity index (χ1) is 22.4. The van der Waals surface area contributed by atoms with E-state index < -0.39 is 12.1 Å². The van der Waals surface area contributed by atoms with Gasteiger partial charge in [0.1, 0.15) is 19.8 Å². The van der Waals surface area contributed by atoms with Crippen molar-refractivity contribution in [3.8, 4) is 0 Å². The second kappa shape index (κ2) is 20.5. The molecule has 5 fully saturated rings. The molecule has 264 valence electrons. The number of nitrogens with zero attached hydrogens (tertiary/aromatic N) is 1. The molecule has 0 aromatic rings. The van der Waals surface area contributed by atoms with E-state index in [2.05, 4.69) is 11.8 Å². The van der Waals surface area contributed by atoms with Gasteiger partial charge >= 0.3 is 18.1 Å². The topological polar surface area (TPSA) is 91.4 Å².